The molecule has 0 aromatic heterocycles. The molecule has 2 atom stereocenters. The number of carbonyl (C=O) groups is 1. The Bertz CT molecular complexity index is 513. The topological polar surface area (TPSA) is 49.6 Å². The molecule has 1 aromatic carbocycles. The maximum absolute atomic E-state index is 13.5. The molecule has 0 saturated carbocycles. The molecule has 0 unspecified atom stereocenters. The van der Waals surface area contributed by atoms with Gasteiger partial charge in [0.05, 0.1) is 6.04 Å². The summed E-state index contributed by atoms with van der Waals surface area (Å²) >= 11 is 0. The Balaban J connectivity index is 2.08. The third-order valence-electron chi connectivity index (χ3n) is 4.17. The van der Waals surface area contributed by atoms with Crippen LogP contribution >= 0.6 is 0 Å². The zero-order valence-electron chi connectivity index (χ0n) is 13.1. The smallest absolute Gasteiger partial charge is 0.339 e. The van der Waals surface area contributed by atoms with Gasteiger partial charge >= 0.3 is 6.18 Å². The number of halogens is 3. The van der Waals surface area contributed by atoms with Crippen LogP contribution in [0.15, 0.2) is 30.3 Å². The summed E-state index contributed by atoms with van der Waals surface area (Å²) in [5.41, 5.74) is 5.94. The van der Waals surface area contributed by atoms with Gasteiger partial charge in [-0.15, -0.1) is 0 Å². The van der Waals surface area contributed by atoms with Crippen LogP contribution < -0.4 is 5.73 Å². The van der Waals surface area contributed by atoms with E-state index >= 15 is 0 Å². The van der Waals surface area contributed by atoms with Gasteiger partial charge in [0, 0.05) is 26.2 Å². The Hall–Kier alpha value is -1.60. The summed E-state index contributed by atoms with van der Waals surface area (Å²) in [7, 11) is 0. The number of hydrogen-bond donors (Lipinski definition) is 1. The molecule has 1 saturated heterocycles. The van der Waals surface area contributed by atoms with Gasteiger partial charge in [-0.1, -0.05) is 37.3 Å². The predicted octanol–water partition coefficient (Wildman–Crippen LogP) is 2.17. The highest BCUT2D eigenvalue weighted by molar-refractivity contribution is 5.81. The predicted molar refractivity (Wildman–Crippen MR) is 81.7 cm³/mol. The first kappa shape index (κ1) is 17.7. The van der Waals surface area contributed by atoms with Gasteiger partial charge in [-0.05, 0) is 12.0 Å². The molecule has 0 bridgehead atoms. The average Bonchev–Trinajstić information content (AvgIpc) is 2.54. The lowest BCUT2D eigenvalue weighted by molar-refractivity contribution is -0.190. The molecule has 23 heavy (non-hydrogen) atoms. The normalized spacial score (nSPS) is 19.4. The van der Waals surface area contributed by atoms with Gasteiger partial charge in [0.1, 0.15) is 6.04 Å². The molecular formula is C16H22F3N3O. The van der Waals surface area contributed by atoms with Gasteiger partial charge in [0.2, 0.25) is 5.91 Å². The van der Waals surface area contributed by atoms with E-state index in [1.54, 1.807) is 23.1 Å². The summed E-state index contributed by atoms with van der Waals surface area (Å²) in [4.78, 5) is 15.0. The van der Waals surface area contributed by atoms with Crippen molar-refractivity contribution in [2.45, 2.75) is 31.6 Å². The molecule has 1 amide bonds. The van der Waals surface area contributed by atoms with E-state index in [1.807, 2.05) is 6.92 Å². The molecule has 4 nitrogen and oxygen atoms in total. The van der Waals surface area contributed by atoms with Crippen molar-refractivity contribution in [2.24, 2.45) is 5.73 Å². The molecule has 0 spiro atoms. The second-order valence-electron chi connectivity index (χ2n) is 5.73. The van der Waals surface area contributed by atoms with Crippen LogP contribution in [0.3, 0.4) is 0 Å². The fourth-order valence-corrected chi connectivity index (χ4v) is 2.85. The highest BCUT2D eigenvalue weighted by atomic mass is 19.4. The van der Waals surface area contributed by atoms with Gasteiger partial charge in [0.15, 0.2) is 0 Å². The number of benzene rings is 1. The summed E-state index contributed by atoms with van der Waals surface area (Å²) in [6, 6.07) is 5.67. The largest absolute Gasteiger partial charge is 0.408 e. The molecule has 2 N–H and O–H groups in total. The lowest BCUT2D eigenvalue weighted by Gasteiger charge is -2.40. The van der Waals surface area contributed by atoms with Crippen molar-refractivity contribution in [3.8, 4) is 0 Å². The lowest BCUT2D eigenvalue weighted by Crippen LogP contribution is -2.55. The standard InChI is InChI=1S/C16H22F3N3O/c1-2-13(20)15(23)22-10-8-21(9-11-22)14(16(17,18)19)12-6-4-3-5-7-12/h3-7,13-14H,2,8-11,20H2,1H3/t13-,14+/m1/s1. The Morgan fingerprint density at radius 2 is 1.74 bits per heavy atom. The van der Waals surface area contributed by atoms with Gasteiger partial charge < -0.3 is 10.6 Å². The summed E-state index contributed by atoms with van der Waals surface area (Å²) in [5.74, 6) is -0.185. The summed E-state index contributed by atoms with van der Waals surface area (Å²) in [5, 5.41) is 0. The van der Waals surface area contributed by atoms with E-state index in [2.05, 4.69) is 0 Å². The number of amides is 1. The van der Waals surface area contributed by atoms with Crippen molar-refractivity contribution >= 4 is 5.91 Å². The van der Waals surface area contributed by atoms with Crippen molar-refractivity contribution in [3.05, 3.63) is 35.9 Å². The zero-order valence-corrected chi connectivity index (χ0v) is 13.1. The van der Waals surface area contributed by atoms with Crippen molar-refractivity contribution in [2.75, 3.05) is 26.2 Å². The number of hydrogen-bond acceptors (Lipinski definition) is 3. The summed E-state index contributed by atoms with van der Waals surface area (Å²) < 4.78 is 40.5. The Morgan fingerprint density at radius 1 is 1.17 bits per heavy atom. The fourth-order valence-electron chi connectivity index (χ4n) is 2.85. The van der Waals surface area contributed by atoms with Crippen molar-refractivity contribution in [1.29, 1.82) is 0 Å². The first-order valence-electron chi connectivity index (χ1n) is 7.74. The molecule has 1 fully saturated rings. The minimum absolute atomic E-state index is 0.182. The second-order valence-corrected chi connectivity index (χ2v) is 5.73. The fraction of sp³-hybridized carbons (Fsp3) is 0.562. The summed E-state index contributed by atoms with van der Waals surface area (Å²) in [6.07, 6.45) is -3.83. The van der Waals surface area contributed by atoms with Gasteiger partial charge in [0.25, 0.3) is 0 Å². The van der Waals surface area contributed by atoms with E-state index < -0.39 is 18.3 Å². The van der Waals surface area contributed by atoms with Crippen LogP contribution in [-0.2, 0) is 4.79 Å². The first-order chi connectivity index (χ1) is 10.8. The molecule has 1 heterocycles. The maximum Gasteiger partial charge on any atom is 0.408 e. The number of piperazine rings is 1. The minimum atomic E-state index is -4.35. The van der Waals surface area contributed by atoms with Gasteiger partial charge in [-0.25, -0.2) is 0 Å². The summed E-state index contributed by atoms with van der Waals surface area (Å²) in [6.45, 7) is 2.72. The zero-order chi connectivity index (χ0) is 17.0. The monoisotopic (exact) mass is 329 g/mol. The highest BCUT2D eigenvalue weighted by Gasteiger charge is 2.45. The van der Waals surface area contributed by atoms with Crippen molar-refractivity contribution < 1.29 is 18.0 Å². The Labute approximate surface area is 134 Å². The number of alkyl halides is 3. The molecule has 128 valence electrons. The van der Waals surface area contributed by atoms with Crippen LogP contribution in [-0.4, -0.2) is 54.1 Å². The Kier molecular flexibility index (Phi) is 5.64. The van der Waals surface area contributed by atoms with Crippen LogP contribution in [0.1, 0.15) is 24.9 Å². The maximum atomic E-state index is 13.5. The second kappa shape index (κ2) is 7.31. The van der Waals surface area contributed by atoms with Crippen LogP contribution in [0.2, 0.25) is 0 Å². The van der Waals surface area contributed by atoms with Crippen LogP contribution in [0, 0.1) is 0 Å². The van der Waals surface area contributed by atoms with Crippen molar-refractivity contribution in [3.63, 3.8) is 0 Å². The number of nitrogens with two attached hydrogens (primary N) is 1. The number of carbonyl (C=O) groups excluding carboxylic acids is 1. The molecule has 1 aromatic rings. The quantitative estimate of drug-likeness (QED) is 0.921. The van der Waals surface area contributed by atoms with Crippen LogP contribution in [0.5, 0.6) is 0 Å². The third-order valence-corrected chi connectivity index (χ3v) is 4.17. The molecule has 1 aliphatic heterocycles. The molecule has 1 aliphatic rings. The van der Waals surface area contributed by atoms with Crippen LogP contribution in [0.25, 0.3) is 0 Å². The van der Waals surface area contributed by atoms with Crippen LogP contribution in [0.4, 0.5) is 13.2 Å². The van der Waals surface area contributed by atoms with E-state index in [1.165, 1.54) is 17.0 Å². The number of nitrogens with zero attached hydrogens (tertiary/aromatic N) is 2. The first-order valence-corrected chi connectivity index (χ1v) is 7.74. The van der Waals surface area contributed by atoms with Gasteiger partial charge in [-0.3, -0.25) is 9.69 Å². The van der Waals surface area contributed by atoms with E-state index in [0.29, 0.717) is 6.42 Å². The lowest BCUT2D eigenvalue weighted by atomic mass is 10.0. The van der Waals surface area contributed by atoms with Gasteiger partial charge in [-0.2, -0.15) is 13.2 Å². The molecule has 2 rings (SSSR count). The molecular weight excluding hydrogens is 307 g/mol. The van der Waals surface area contributed by atoms with Crippen molar-refractivity contribution in [1.82, 2.24) is 9.80 Å². The molecule has 0 radical (unpaired) electrons. The average molecular weight is 329 g/mol. The molecule has 0 aliphatic carbocycles. The Morgan fingerprint density at radius 3 is 2.22 bits per heavy atom. The molecule has 7 heteroatoms. The van der Waals surface area contributed by atoms with E-state index in [4.69, 9.17) is 5.73 Å². The van der Waals surface area contributed by atoms with E-state index in [-0.39, 0.29) is 37.6 Å². The minimum Gasteiger partial charge on any atom is -0.339 e. The SMILES string of the molecule is CC[C@@H](N)C(=O)N1CCN([C@@H](c2ccccc2)C(F)(F)F)CC1. The third kappa shape index (κ3) is 4.23. The van der Waals surface area contributed by atoms with E-state index in [0.717, 1.165) is 0 Å². The number of rotatable bonds is 4. The highest BCUT2D eigenvalue weighted by Crippen LogP contribution is 2.38. The van der Waals surface area contributed by atoms with E-state index in [9.17, 15) is 18.0 Å².